The molecule has 4 aromatic rings. The van der Waals surface area contributed by atoms with Crippen LogP contribution in [0.5, 0.6) is 11.5 Å². The maximum absolute atomic E-state index is 12.8. The molecule has 2 aromatic carbocycles. The van der Waals surface area contributed by atoms with Crippen LogP contribution in [0.1, 0.15) is 35.1 Å². The number of rotatable bonds is 5. The highest BCUT2D eigenvalue weighted by atomic mass is 35.5. The monoisotopic (exact) mass is 437 g/mol. The van der Waals surface area contributed by atoms with Crippen LogP contribution in [0.25, 0.3) is 10.2 Å². The third-order valence-corrected chi connectivity index (χ3v) is 5.94. The molecule has 1 amide bonds. The Bertz CT molecular complexity index is 1200. The van der Waals surface area contributed by atoms with Crippen molar-refractivity contribution in [2.45, 2.75) is 19.8 Å². The van der Waals surface area contributed by atoms with Crippen LogP contribution in [0.3, 0.4) is 0 Å². The number of ether oxygens (including phenoxy) is 1. The fourth-order valence-corrected chi connectivity index (χ4v) is 4.06. The van der Waals surface area contributed by atoms with Crippen molar-refractivity contribution in [1.29, 1.82) is 0 Å². The Morgan fingerprint density at radius 2 is 1.67 bits per heavy atom. The van der Waals surface area contributed by atoms with E-state index in [1.54, 1.807) is 48.5 Å². The van der Waals surface area contributed by atoms with Gasteiger partial charge in [-0.05, 0) is 66.6 Å². The molecule has 0 aliphatic rings. The predicted molar refractivity (Wildman–Crippen MR) is 124 cm³/mol. The lowest BCUT2D eigenvalue weighted by molar-refractivity contribution is 0.103. The standard InChI is InChI=1S/C23H20ClN3O2S/c1-13(2)19-12-11-18-20(25)21(30-23(18)27-19)22(28)26-15-5-9-17(10-6-15)29-16-7-3-14(24)4-8-16/h3-13H,25H2,1-2H3,(H,26,28). The Morgan fingerprint density at radius 3 is 2.30 bits per heavy atom. The van der Waals surface area contributed by atoms with Crippen molar-refractivity contribution in [3.05, 3.63) is 76.3 Å². The summed E-state index contributed by atoms with van der Waals surface area (Å²) in [6.07, 6.45) is 0. The highest BCUT2D eigenvalue weighted by Gasteiger charge is 2.18. The molecule has 0 fully saturated rings. The maximum atomic E-state index is 12.8. The number of benzene rings is 2. The van der Waals surface area contributed by atoms with Crippen molar-refractivity contribution in [2.24, 2.45) is 0 Å². The van der Waals surface area contributed by atoms with Crippen LogP contribution >= 0.6 is 22.9 Å². The number of hydrogen-bond acceptors (Lipinski definition) is 5. The number of thiophene rings is 1. The zero-order chi connectivity index (χ0) is 21.3. The summed E-state index contributed by atoms with van der Waals surface area (Å²) in [6, 6.07) is 18.1. The molecule has 152 valence electrons. The molecule has 3 N–H and O–H groups in total. The van der Waals surface area contributed by atoms with Gasteiger partial charge in [-0.15, -0.1) is 11.3 Å². The molecule has 0 aliphatic carbocycles. The molecule has 30 heavy (non-hydrogen) atoms. The minimum atomic E-state index is -0.257. The summed E-state index contributed by atoms with van der Waals surface area (Å²) < 4.78 is 5.77. The number of pyridine rings is 1. The van der Waals surface area contributed by atoms with E-state index in [-0.39, 0.29) is 5.91 Å². The molecule has 2 aromatic heterocycles. The number of nitrogen functional groups attached to an aromatic ring is 1. The number of carbonyl (C=O) groups is 1. The van der Waals surface area contributed by atoms with Crippen LogP contribution in [0.15, 0.2) is 60.7 Å². The Hall–Kier alpha value is -3.09. The predicted octanol–water partition coefficient (Wildman–Crippen LogP) is 6.70. The van der Waals surface area contributed by atoms with Gasteiger partial charge in [0.2, 0.25) is 0 Å². The average Bonchev–Trinajstić information content (AvgIpc) is 3.07. The van der Waals surface area contributed by atoms with E-state index in [9.17, 15) is 4.79 Å². The van der Waals surface area contributed by atoms with E-state index >= 15 is 0 Å². The number of hydrogen-bond donors (Lipinski definition) is 2. The summed E-state index contributed by atoms with van der Waals surface area (Å²) in [5, 5.41) is 4.34. The van der Waals surface area contributed by atoms with Crippen LogP contribution in [-0.2, 0) is 0 Å². The van der Waals surface area contributed by atoms with Gasteiger partial charge in [-0.1, -0.05) is 25.4 Å². The minimum Gasteiger partial charge on any atom is -0.457 e. The third kappa shape index (κ3) is 4.25. The average molecular weight is 438 g/mol. The molecule has 0 spiro atoms. The molecule has 0 saturated heterocycles. The molecule has 2 heterocycles. The molecule has 0 unspecified atom stereocenters. The maximum Gasteiger partial charge on any atom is 0.267 e. The minimum absolute atomic E-state index is 0.257. The molecule has 0 atom stereocenters. The van der Waals surface area contributed by atoms with Gasteiger partial charge in [-0.2, -0.15) is 0 Å². The van der Waals surface area contributed by atoms with E-state index < -0.39 is 0 Å². The number of aromatic nitrogens is 1. The quantitative estimate of drug-likeness (QED) is 0.364. The van der Waals surface area contributed by atoms with Gasteiger partial charge in [0.05, 0.1) is 5.69 Å². The molecule has 0 aliphatic heterocycles. The SMILES string of the molecule is CC(C)c1ccc2c(N)c(C(=O)Nc3ccc(Oc4ccc(Cl)cc4)cc3)sc2n1. The van der Waals surface area contributed by atoms with Gasteiger partial charge in [-0.25, -0.2) is 4.98 Å². The second kappa shape index (κ2) is 8.34. The first-order valence-electron chi connectivity index (χ1n) is 9.44. The van der Waals surface area contributed by atoms with Crippen LogP contribution in [0.2, 0.25) is 5.02 Å². The molecule has 5 nitrogen and oxygen atoms in total. The first-order chi connectivity index (χ1) is 14.4. The molecule has 7 heteroatoms. The van der Waals surface area contributed by atoms with Gasteiger partial charge >= 0.3 is 0 Å². The van der Waals surface area contributed by atoms with Gasteiger partial charge in [0.15, 0.2) is 0 Å². The highest BCUT2D eigenvalue weighted by Crippen LogP contribution is 2.34. The molecule has 0 saturated carbocycles. The van der Waals surface area contributed by atoms with Gasteiger partial charge in [-0.3, -0.25) is 4.79 Å². The van der Waals surface area contributed by atoms with Gasteiger partial charge < -0.3 is 15.8 Å². The second-order valence-electron chi connectivity index (χ2n) is 7.12. The number of carbonyl (C=O) groups excluding carboxylic acids is 1. The van der Waals surface area contributed by atoms with Gasteiger partial charge in [0.1, 0.15) is 21.2 Å². The smallest absolute Gasteiger partial charge is 0.267 e. The first-order valence-corrected chi connectivity index (χ1v) is 10.6. The number of anilines is 2. The third-order valence-electron chi connectivity index (χ3n) is 4.57. The number of nitrogens with two attached hydrogens (primary N) is 1. The molecule has 0 bridgehead atoms. The van der Waals surface area contributed by atoms with E-state index in [0.29, 0.717) is 38.7 Å². The van der Waals surface area contributed by atoms with Gasteiger partial charge in [0.25, 0.3) is 5.91 Å². The van der Waals surface area contributed by atoms with E-state index in [0.717, 1.165) is 15.9 Å². The number of nitrogens with zero attached hydrogens (tertiary/aromatic N) is 1. The van der Waals surface area contributed by atoms with Crippen LogP contribution in [0, 0.1) is 0 Å². The Kier molecular flexibility index (Phi) is 5.61. The van der Waals surface area contributed by atoms with Crippen LogP contribution < -0.4 is 15.8 Å². The second-order valence-corrected chi connectivity index (χ2v) is 8.56. The van der Waals surface area contributed by atoms with Crippen molar-refractivity contribution < 1.29 is 9.53 Å². The fraction of sp³-hybridized carbons (Fsp3) is 0.130. The highest BCUT2D eigenvalue weighted by molar-refractivity contribution is 7.21. The van der Waals surface area contributed by atoms with Gasteiger partial charge in [0, 0.05) is 21.8 Å². The summed E-state index contributed by atoms with van der Waals surface area (Å²) in [6.45, 7) is 4.16. The zero-order valence-electron chi connectivity index (χ0n) is 16.5. The van der Waals surface area contributed by atoms with Crippen molar-refractivity contribution in [1.82, 2.24) is 4.98 Å². The summed E-state index contributed by atoms with van der Waals surface area (Å²) in [4.78, 5) is 18.6. The zero-order valence-corrected chi connectivity index (χ0v) is 18.1. The first kappa shape index (κ1) is 20.2. The Balaban J connectivity index is 1.49. The van der Waals surface area contributed by atoms with E-state index in [4.69, 9.17) is 22.1 Å². The van der Waals surface area contributed by atoms with Crippen LogP contribution in [-0.4, -0.2) is 10.9 Å². The molecular formula is C23H20ClN3O2S. The number of fused-ring (bicyclic) bond motifs is 1. The van der Waals surface area contributed by atoms with E-state index in [2.05, 4.69) is 24.1 Å². The van der Waals surface area contributed by atoms with Crippen molar-refractivity contribution in [2.75, 3.05) is 11.1 Å². The van der Waals surface area contributed by atoms with Crippen LogP contribution in [0.4, 0.5) is 11.4 Å². The topological polar surface area (TPSA) is 77.2 Å². The Labute approximate surface area is 183 Å². The summed E-state index contributed by atoms with van der Waals surface area (Å²) in [5.41, 5.74) is 8.30. The number of nitrogens with one attached hydrogen (secondary N) is 1. The summed E-state index contributed by atoms with van der Waals surface area (Å²) >= 11 is 7.19. The van der Waals surface area contributed by atoms with Crippen molar-refractivity contribution >= 4 is 50.4 Å². The van der Waals surface area contributed by atoms with Crippen molar-refractivity contribution in [3.63, 3.8) is 0 Å². The lowest BCUT2D eigenvalue weighted by Crippen LogP contribution is -2.11. The lowest BCUT2D eigenvalue weighted by Gasteiger charge is -2.08. The summed E-state index contributed by atoms with van der Waals surface area (Å²) in [5.74, 6) is 1.39. The number of halogens is 1. The normalized spacial score (nSPS) is 11.1. The summed E-state index contributed by atoms with van der Waals surface area (Å²) in [7, 11) is 0. The van der Waals surface area contributed by atoms with E-state index in [1.807, 2.05) is 12.1 Å². The number of amides is 1. The molecule has 4 rings (SSSR count). The molecular weight excluding hydrogens is 418 g/mol. The van der Waals surface area contributed by atoms with Crippen molar-refractivity contribution in [3.8, 4) is 11.5 Å². The Morgan fingerprint density at radius 1 is 1.03 bits per heavy atom. The fourth-order valence-electron chi connectivity index (χ4n) is 2.93. The largest absolute Gasteiger partial charge is 0.457 e. The lowest BCUT2D eigenvalue weighted by atomic mass is 10.1. The molecule has 0 radical (unpaired) electrons. The van der Waals surface area contributed by atoms with E-state index in [1.165, 1.54) is 11.3 Å².